The molecule has 5 nitrogen and oxygen atoms in total. The molecule has 0 radical (unpaired) electrons. The summed E-state index contributed by atoms with van der Waals surface area (Å²) < 4.78 is 11.9. The number of para-hydroxylation sites is 1. The van der Waals surface area contributed by atoms with E-state index in [1.807, 2.05) is 41.3 Å². The van der Waals surface area contributed by atoms with Gasteiger partial charge in [-0.3, -0.25) is 9.69 Å². The number of rotatable bonds is 15. The third-order valence-corrected chi connectivity index (χ3v) is 7.74. The lowest BCUT2D eigenvalue weighted by atomic mass is 10.1. The number of hydrogen-bond donors (Lipinski definition) is 0. The molecule has 0 bridgehead atoms. The molecule has 0 saturated carbocycles. The second-order valence-electron chi connectivity index (χ2n) is 9.19. The van der Waals surface area contributed by atoms with E-state index in [1.165, 1.54) is 51.6 Å². The molecule has 2 aromatic carbocycles. The molecule has 1 aliphatic heterocycles. The first-order valence-electron chi connectivity index (χ1n) is 13.2. The third kappa shape index (κ3) is 7.65. The van der Waals surface area contributed by atoms with Gasteiger partial charge in [-0.15, -0.1) is 0 Å². The minimum atomic E-state index is -0.172. The van der Waals surface area contributed by atoms with Crippen LogP contribution >= 0.6 is 11.8 Å². The van der Waals surface area contributed by atoms with E-state index in [0.29, 0.717) is 6.61 Å². The Kier molecular flexibility index (Phi) is 11.3. The summed E-state index contributed by atoms with van der Waals surface area (Å²) in [6, 6.07) is 14.0. The van der Waals surface area contributed by atoms with E-state index in [-0.39, 0.29) is 11.3 Å². The number of benzene rings is 2. The van der Waals surface area contributed by atoms with Crippen LogP contribution in [0.3, 0.4) is 0 Å². The summed E-state index contributed by atoms with van der Waals surface area (Å²) in [5.41, 5.74) is 1.93. The Balaban J connectivity index is 1.68. The molecule has 3 rings (SSSR count). The van der Waals surface area contributed by atoms with Crippen molar-refractivity contribution in [1.82, 2.24) is 4.90 Å². The van der Waals surface area contributed by atoms with E-state index in [4.69, 9.17) is 9.47 Å². The van der Waals surface area contributed by atoms with Crippen LogP contribution in [0.2, 0.25) is 0 Å². The molecule has 0 spiro atoms. The van der Waals surface area contributed by atoms with Crippen molar-refractivity contribution < 1.29 is 14.3 Å². The lowest BCUT2D eigenvalue weighted by Gasteiger charge is -2.26. The molecule has 0 saturated heterocycles. The standard InChI is InChI=1S/C29H42N2O3S/c1-5-7-11-18-30(19-12-8-6-2)20-13-21-34-27-17-16-24(33-4)22-25(27)29-31(23(3)32)26-14-9-10-15-28(26)35-29/h9-10,14-17,22,29H,5-8,11-13,18-21H2,1-4H3. The molecule has 1 unspecified atom stereocenters. The summed E-state index contributed by atoms with van der Waals surface area (Å²) in [5, 5.41) is -0.172. The van der Waals surface area contributed by atoms with Gasteiger partial charge in [0, 0.05) is 23.9 Å². The summed E-state index contributed by atoms with van der Waals surface area (Å²) in [6.07, 6.45) is 8.63. The Morgan fingerprint density at radius 2 is 1.66 bits per heavy atom. The van der Waals surface area contributed by atoms with Crippen LogP contribution in [-0.4, -0.2) is 44.2 Å². The van der Waals surface area contributed by atoms with Gasteiger partial charge in [-0.25, -0.2) is 0 Å². The normalized spacial score (nSPS) is 14.9. The number of methoxy groups -OCH3 is 1. The first kappa shape index (κ1) is 27.4. The SMILES string of the molecule is CCCCCN(CCCCC)CCCOc1ccc(OC)cc1C1Sc2ccccc2N1C(C)=O. The molecule has 1 amide bonds. The van der Waals surface area contributed by atoms with Crippen molar-refractivity contribution in [3.8, 4) is 11.5 Å². The van der Waals surface area contributed by atoms with Crippen LogP contribution in [0.1, 0.15) is 76.7 Å². The van der Waals surface area contributed by atoms with Crippen LogP contribution in [0.5, 0.6) is 11.5 Å². The number of anilines is 1. The molecular weight excluding hydrogens is 456 g/mol. The Morgan fingerprint density at radius 3 is 2.31 bits per heavy atom. The Labute approximate surface area is 216 Å². The van der Waals surface area contributed by atoms with Crippen LogP contribution in [0.4, 0.5) is 5.69 Å². The Hall–Kier alpha value is -2.18. The number of fused-ring (bicyclic) bond motifs is 1. The third-order valence-electron chi connectivity index (χ3n) is 6.45. The maximum atomic E-state index is 12.6. The van der Waals surface area contributed by atoms with Crippen molar-refractivity contribution in [1.29, 1.82) is 0 Å². The van der Waals surface area contributed by atoms with Gasteiger partial charge in [0.2, 0.25) is 5.91 Å². The smallest absolute Gasteiger partial charge is 0.225 e. The van der Waals surface area contributed by atoms with E-state index < -0.39 is 0 Å². The van der Waals surface area contributed by atoms with E-state index >= 15 is 0 Å². The van der Waals surface area contributed by atoms with Crippen molar-refractivity contribution in [3.63, 3.8) is 0 Å². The number of nitrogens with zero attached hydrogens (tertiary/aromatic N) is 2. The molecule has 0 aliphatic carbocycles. The fraction of sp³-hybridized carbons (Fsp3) is 0.552. The van der Waals surface area contributed by atoms with E-state index in [1.54, 1.807) is 25.8 Å². The van der Waals surface area contributed by atoms with Crippen LogP contribution in [-0.2, 0) is 4.79 Å². The molecule has 6 heteroatoms. The molecule has 1 heterocycles. The van der Waals surface area contributed by atoms with Crippen molar-refractivity contribution in [2.75, 3.05) is 38.3 Å². The Morgan fingerprint density at radius 1 is 0.971 bits per heavy atom. The van der Waals surface area contributed by atoms with Crippen LogP contribution in [0, 0.1) is 0 Å². The monoisotopic (exact) mass is 498 g/mol. The van der Waals surface area contributed by atoms with Gasteiger partial charge < -0.3 is 14.4 Å². The van der Waals surface area contributed by atoms with Crippen molar-refractivity contribution in [2.24, 2.45) is 0 Å². The number of unbranched alkanes of at least 4 members (excludes halogenated alkanes) is 4. The zero-order chi connectivity index (χ0) is 25.0. The highest BCUT2D eigenvalue weighted by atomic mass is 32.2. The van der Waals surface area contributed by atoms with Crippen molar-refractivity contribution in [3.05, 3.63) is 48.0 Å². The highest BCUT2D eigenvalue weighted by Crippen LogP contribution is 2.53. The van der Waals surface area contributed by atoms with Crippen LogP contribution < -0.4 is 14.4 Å². The summed E-state index contributed by atoms with van der Waals surface area (Å²) in [5.74, 6) is 1.62. The molecular formula is C29H42N2O3S. The lowest BCUT2D eigenvalue weighted by Crippen LogP contribution is -2.29. The molecule has 1 atom stereocenters. The molecule has 0 fully saturated rings. The zero-order valence-corrected chi connectivity index (χ0v) is 22.7. The van der Waals surface area contributed by atoms with Gasteiger partial charge in [0.05, 0.1) is 19.4 Å². The van der Waals surface area contributed by atoms with Gasteiger partial charge in [-0.05, 0) is 62.7 Å². The quantitative estimate of drug-likeness (QED) is 0.241. The number of carbonyl (C=O) groups is 1. The topological polar surface area (TPSA) is 42.0 Å². The number of thioether (sulfide) groups is 1. The maximum absolute atomic E-state index is 12.6. The minimum Gasteiger partial charge on any atom is -0.497 e. The molecule has 2 aromatic rings. The van der Waals surface area contributed by atoms with E-state index in [0.717, 1.165) is 40.6 Å². The van der Waals surface area contributed by atoms with E-state index in [9.17, 15) is 4.79 Å². The van der Waals surface area contributed by atoms with Gasteiger partial charge in [0.1, 0.15) is 16.9 Å². The van der Waals surface area contributed by atoms with Crippen molar-refractivity contribution >= 4 is 23.4 Å². The number of carbonyl (C=O) groups excluding carboxylic acids is 1. The second-order valence-corrected chi connectivity index (χ2v) is 10.3. The fourth-order valence-corrected chi connectivity index (χ4v) is 5.91. The average molecular weight is 499 g/mol. The predicted octanol–water partition coefficient (Wildman–Crippen LogP) is 7.30. The molecule has 35 heavy (non-hydrogen) atoms. The highest BCUT2D eigenvalue weighted by molar-refractivity contribution is 8.00. The number of ether oxygens (including phenoxy) is 2. The first-order chi connectivity index (χ1) is 17.1. The van der Waals surface area contributed by atoms with Gasteiger partial charge >= 0.3 is 0 Å². The van der Waals surface area contributed by atoms with Gasteiger partial charge in [-0.1, -0.05) is 63.4 Å². The minimum absolute atomic E-state index is 0.0241. The second kappa shape index (κ2) is 14.4. The van der Waals surface area contributed by atoms with Crippen molar-refractivity contribution in [2.45, 2.75) is 76.0 Å². The molecule has 0 aromatic heterocycles. The number of hydrogen-bond acceptors (Lipinski definition) is 5. The fourth-order valence-electron chi connectivity index (χ4n) is 4.55. The van der Waals surface area contributed by atoms with Crippen LogP contribution in [0.25, 0.3) is 0 Å². The molecule has 192 valence electrons. The zero-order valence-electron chi connectivity index (χ0n) is 21.9. The van der Waals surface area contributed by atoms with Crippen LogP contribution in [0.15, 0.2) is 47.4 Å². The van der Waals surface area contributed by atoms with E-state index in [2.05, 4.69) is 24.8 Å². The number of amides is 1. The summed E-state index contributed by atoms with van der Waals surface area (Å²) in [4.78, 5) is 18.2. The average Bonchev–Trinajstić information content (AvgIpc) is 3.26. The van der Waals surface area contributed by atoms with Gasteiger partial charge in [0.25, 0.3) is 0 Å². The maximum Gasteiger partial charge on any atom is 0.225 e. The molecule has 0 N–H and O–H groups in total. The summed E-state index contributed by atoms with van der Waals surface area (Å²) in [7, 11) is 1.67. The largest absolute Gasteiger partial charge is 0.497 e. The predicted molar refractivity (Wildman–Crippen MR) is 147 cm³/mol. The first-order valence-corrected chi connectivity index (χ1v) is 14.1. The summed E-state index contributed by atoms with van der Waals surface area (Å²) in [6.45, 7) is 10.2. The Bertz CT molecular complexity index is 926. The van der Waals surface area contributed by atoms with Gasteiger partial charge in [-0.2, -0.15) is 0 Å². The molecule has 1 aliphatic rings. The lowest BCUT2D eigenvalue weighted by molar-refractivity contribution is -0.116. The summed E-state index contributed by atoms with van der Waals surface area (Å²) >= 11 is 1.69. The highest BCUT2D eigenvalue weighted by Gasteiger charge is 2.35. The van der Waals surface area contributed by atoms with Gasteiger partial charge in [0.15, 0.2) is 0 Å².